The summed E-state index contributed by atoms with van der Waals surface area (Å²) in [5, 5.41) is 10.7. The molecule has 7 heteroatoms. The number of ether oxygens (including phenoxy) is 2. The molecule has 4 rings (SSSR count). The summed E-state index contributed by atoms with van der Waals surface area (Å²) in [6.07, 6.45) is 0. The van der Waals surface area contributed by atoms with Crippen molar-refractivity contribution < 1.29 is 28.6 Å². The fourth-order valence-corrected chi connectivity index (χ4v) is 3.08. The van der Waals surface area contributed by atoms with E-state index < -0.39 is 17.7 Å². The zero-order valence-electron chi connectivity index (χ0n) is 13.6. The van der Waals surface area contributed by atoms with Crippen LogP contribution >= 0.6 is 0 Å². The van der Waals surface area contributed by atoms with Crippen molar-refractivity contribution in [1.82, 2.24) is 4.90 Å². The second kappa shape index (κ2) is 5.41. The van der Waals surface area contributed by atoms with Gasteiger partial charge >= 0.3 is 0 Å². The molecule has 0 saturated carbocycles. The zero-order valence-corrected chi connectivity index (χ0v) is 13.6. The van der Waals surface area contributed by atoms with E-state index in [1.54, 1.807) is 37.3 Å². The van der Waals surface area contributed by atoms with Crippen LogP contribution in [0.25, 0.3) is 5.76 Å². The molecule has 1 fully saturated rings. The largest absolute Gasteiger partial charge is 0.507 e. The van der Waals surface area contributed by atoms with Crippen LogP contribution in [0.1, 0.15) is 23.1 Å². The van der Waals surface area contributed by atoms with Gasteiger partial charge in [0.05, 0.1) is 5.57 Å². The Balaban J connectivity index is 1.85. The maximum Gasteiger partial charge on any atom is 0.295 e. The van der Waals surface area contributed by atoms with Crippen LogP contribution < -0.4 is 9.47 Å². The van der Waals surface area contributed by atoms with E-state index in [0.717, 1.165) is 0 Å². The van der Waals surface area contributed by atoms with Gasteiger partial charge in [0.2, 0.25) is 6.79 Å². The lowest BCUT2D eigenvalue weighted by Crippen LogP contribution is -2.24. The van der Waals surface area contributed by atoms with Crippen LogP contribution in [0.3, 0.4) is 0 Å². The predicted molar refractivity (Wildman–Crippen MR) is 86.1 cm³/mol. The third-order valence-corrected chi connectivity index (χ3v) is 4.35. The van der Waals surface area contributed by atoms with E-state index in [1.807, 2.05) is 0 Å². The highest BCUT2D eigenvalue weighted by molar-refractivity contribution is 6.46. The van der Waals surface area contributed by atoms with Crippen LogP contribution in [0.2, 0.25) is 0 Å². The van der Waals surface area contributed by atoms with Crippen LogP contribution in [0.5, 0.6) is 11.5 Å². The van der Waals surface area contributed by atoms with Crippen molar-refractivity contribution in [2.45, 2.75) is 13.0 Å². The van der Waals surface area contributed by atoms with Gasteiger partial charge in [-0.25, -0.2) is 0 Å². The minimum atomic E-state index is -0.779. The van der Waals surface area contributed by atoms with Crippen molar-refractivity contribution in [2.24, 2.45) is 0 Å². The lowest BCUT2D eigenvalue weighted by molar-refractivity contribution is -0.139. The first-order valence-electron chi connectivity index (χ1n) is 7.68. The van der Waals surface area contributed by atoms with E-state index >= 15 is 0 Å². The number of Topliss-reactive ketones (excluding diaryl/α,β-unsaturated/α-hetero) is 1. The number of amides is 1. The first kappa shape index (κ1) is 15.3. The van der Waals surface area contributed by atoms with Gasteiger partial charge in [0, 0.05) is 12.6 Å². The Labute approximate surface area is 143 Å². The lowest BCUT2D eigenvalue weighted by atomic mass is 9.99. The molecule has 3 heterocycles. The molecule has 128 valence electrons. The summed E-state index contributed by atoms with van der Waals surface area (Å²) in [5.41, 5.74) is 0.352. The molecule has 0 aliphatic carbocycles. The second-order valence-corrected chi connectivity index (χ2v) is 5.93. The van der Waals surface area contributed by atoms with Crippen LogP contribution in [0.15, 0.2) is 40.3 Å². The van der Waals surface area contributed by atoms with E-state index in [1.165, 1.54) is 11.9 Å². The Morgan fingerprint density at radius 2 is 1.92 bits per heavy atom. The number of likely N-dealkylation sites (N-methyl/N-ethyl adjacent to an activating group) is 1. The third-order valence-electron chi connectivity index (χ3n) is 4.35. The number of benzene rings is 1. The van der Waals surface area contributed by atoms with Crippen LogP contribution in [-0.2, 0) is 9.59 Å². The van der Waals surface area contributed by atoms with Crippen molar-refractivity contribution in [3.05, 3.63) is 53.0 Å². The molecule has 1 aromatic heterocycles. The number of hydrogen-bond donors (Lipinski definition) is 1. The SMILES string of the molecule is Cc1ccc(C2/C(=C(\O)c3ccc4c(c3)OCO4)C(=O)C(=O)N2C)o1. The molecule has 25 heavy (non-hydrogen) atoms. The van der Waals surface area contributed by atoms with Crippen molar-refractivity contribution >= 4 is 17.4 Å². The van der Waals surface area contributed by atoms with Gasteiger partial charge in [0.15, 0.2) is 11.5 Å². The molecule has 0 bridgehead atoms. The monoisotopic (exact) mass is 341 g/mol. The Kier molecular flexibility index (Phi) is 3.31. The molecule has 2 aliphatic rings. The zero-order chi connectivity index (χ0) is 17.7. The van der Waals surface area contributed by atoms with Gasteiger partial charge in [-0.1, -0.05) is 0 Å². The molecule has 1 amide bonds. The normalized spacial score (nSPS) is 21.2. The van der Waals surface area contributed by atoms with Gasteiger partial charge in [-0.05, 0) is 37.3 Å². The number of carbonyl (C=O) groups is 2. The quantitative estimate of drug-likeness (QED) is 0.512. The van der Waals surface area contributed by atoms with Gasteiger partial charge in [-0.15, -0.1) is 0 Å². The molecule has 1 aromatic carbocycles. The number of fused-ring (bicyclic) bond motifs is 1. The molecular weight excluding hydrogens is 326 g/mol. The molecule has 1 unspecified atom stereocenters. The molecule has 1 N–H and O–H groups in total. The van der Waals surface area contributed by atoms with E-state index in [2.05, 4.69) is 0 Å². The first-order chi connectivity index (χ1) is 12.0. The summed E-state index contributed by atoms with van der Waals surface area (Å²) in [5.74, 6) is 0.377. The van der Waals surface area contributed by atoms with E-state index in [4.69, 9.17) is 13.9 Å². The lowest BCUT2D eigenvalue weighted by Gasteiger charge is -2.18. The Morgan fingerprint density at radius 3 is 2.64 bits per heavy atom. The van der Waals surface area contributed by atoms with E-state index in [-0.39, 0.29) is 18.1 Å². The summed E-state index contributed by atoms with van der Waals surface area (Å²) < 4.78 is 16.1. The van der Waals surface area contributed by atoms with Crippen molar-refractivity contribution in [3.63, 3.8) is 0 Å². The van der Waals surface area contributed by atoms with E-state index in [9.17, 15) is 14.7 Å². The van der Waals surface area contributed by atoms with Gasteiger partial charge in [-0.3, -0.25) is 9.59 Å². The van der Waals surface area contributed by atoms with Gasteiger partial charge < -0.3 is 23.9 Å². The number of carbonyl (C=O) groups excluding carboxylic acids is 2. The van der Waals surface area contributed by atoms with Gasteiger partial charge in [0.1, 0.15) is 23.3 Å². The Hall–Kier alpha value is -3.22. The van der Waals surface area contributed by atoms with Crippen LogP contribution in [0.4, 0.5) is 0 Å². The number of nitrogens with zero attached hydrogens (tertiary/aromatic N) is 1. The summed E-state index contributed by atoms with van der Waals surface area (Å²) in [6, 6.07) is 7.48. The number of aryl methyl sites for hydroxylation is 1. The van der Waals surface area contributed by atoms with Gasteiger partial charge in [0.25, 0.3) is 11.7 Å². The number of rotatable bonds is 2. The fourth-order valence-electron chi connectivity index (χ4n) is 3.08. The van der Waals surface area contributed by atoms with Gasteiger partial charge in [-0.2, -0.15) is 0 Å². The molecule has 0 radical (unpaired) electrons. The topological polar surface area (TPSA) is 89.2 Å². The van der Waals surface area contributed by atoms with E-state index in [0.29, 0.717) is 28.6 Å². The maximum absolute atomic E-state index is 12.4. The number of hydrogen-bond acceptors (Lipinski definition) is 6. The Morgan fingerprint density at radius 1 is 1.16 bits per heavy atom. The number of furan rings is 1. The third kappa shape index (κ3) is 2.27. The smallest absolute Gasteiger partial charge is 0.295 e. The van der Waals surface area contributed by atoms with Crippen molar-refractivity contribution in [3.8, 4) is 11.5 Å². The molecule has 1 atom stereocenters. The molecule has 2 aromatic rings. The van der Waals surface area contributed by atoms with Crippen molar-refractivity contribution in [1.29, 1.82) is 0 Å². The highest BCUT2D eigenvalue weighted by atomic mass is 16.7. The highest BCUT2D eigenvalue weighted by Gasteiger charge is 2.45. The predicted octanol–water partition coefficient (Wildman–Crippen LogP) is 2.37. The second-order valence-electron chi connectivity index (χ2n) is 5.93. The maximum atomic E-state index is 12.4. The number of ketones is 1. The molecular formula is C18H15NO6. The minimum absolute atomic E-state index is 0.0132. The fraction of sp³-hybridized carbons (Fsp3) is 0.222. The van der Waals surface area contributed by atoms with Crippen molar-refractivity contribution in [2.75, 3.05) is 13.8 Å². The average molecular weight is 341 g/mol. The summed E-state index contributed by atoms with van der Waals surface area (Å²) in [7, 11) is 1.50. The van der Waals surface area contributed by atoms with Crippen LogP contribution in [-0.4, -0.2) is 35.5 Å². The first-order valence-corrected chi connectivity index (χ1v) is 7.68. The summed E-state index contributed by atoms with van der Waals surface area (Å²) >= 11 is 0. The minimum Gasteiger partial charge on any atom is -0.507 e. The average Bonchev–Trinajstić information content (AvgIpc) is 3.29. The molecule has 2 aliphatic heterocycles. The Bertz CT molecular complexity index is 925. The number of aliphatic hydroxyl groups is 1. The highest BCUT2D eigenvalue weighted by Crippen LogP contribution is 2.40. The molecule has 0 spiro atoms. The molecule has 1 saturated heterocycles. The standard InChI is InChI=1S/C18H15NO6/c1-9-3-5-12(25-9)15-14(17(21)18(22)19(15)2)16(20)10-4-6-11-13(7-10)24-8-23-11/h3-7,15,20H,8H2,1-2H3/b16-14+. The summed E-state index contributed by atoms with van der Waals surface area (Å²) in [6.45, 7) is 1.87. The summed E-state index contributed by atoms with van der Waals surface area (Å²) in [4.78, 5) is 25.9. The number of aliphatic hydroxyl groups excluding tert-OH is 1. The number of likely N-dealkylation sites (tertiary alicyclic amines) is 1. The van der Waals surface area contributed by atoms with Crippen LogP contribution in [0, 0.1) is 6.92 Å². The molecule has 7 nitrogen and oxygen atoms in total.